The molecule has 2 N–H and O–H groups in total. The molecular weight excluding hydrogens is 286 g/mol. The van der Waals surface area contributed by atoms with Crippen LogP contribution in [0.4, 0.5) is 8.78 Å². The molecule has 0 aromatic carbocycles. The van der Waals surface area contributed by atoms with Crippen LogP contribution in [0.15, 0.2) is 6.07 Å². The van der Waals surface area contributed by atoms with Crippen LogP contribution in [0.2, 0.25) is 0 Å². The molecule has 7 heteroatoms. The molecule has 0 bridgehead atoms. The fraction of sp³-hybridized carbons (Fsp3) is 0.615. The predicted octanol–water partition coefficient (Wildman–Crippen LogP) is 2.47. The van der Waals surface area contributed by atoms with Gasteiger partial charge in [-0.2, -0.15) is 8.78 Å². The summed E-state index contributed by atoms with van der Waals surface area (Å²) in [7, 11) is 0. The Labute approximate surface area is 120 Å². The maximum Gasteiger partial charge on any atom is 0.387 e. The number of carbonyl (C=O) groups is 1. The molecule has 112 valence electrons. The fourth-order valence-corrected chi connectivity index (χ4v) is 3.25. The zero-order valence-electron chi connectivity index (χ0n) is 11.3. The number of nitrogens with zero attached hydrogens (tertiary/aromatic N) is 1. The Hall–Kier alpha value is -1.21. The number of carbonyl (C=O) groups excluding carboxylic acids is 1. The zero-order chi connectivity index (χ0) is 14.7. The highest BCUT2D eigenvalue weighted by atomic mass is 32.1. The third-order valence-electron chi connectivity index (χ3n) is 3.47. The van der Waals surface area contributed by atoms with Gasteiger partial charge in [0.2, 0.25) is 0 Å². The van der Waals surface area contributed by atoms with E-state index < -0.39 is 6.61 Å². The summed E-state index contributed by atoms with van der Waals surface area (Å²) in [6, 6.07) is 1.48. The molecule has 2 rings (SSSR count). The molecule has 4 nitrogen and oxygen atoms in total. The van der Waals surface area contributed by atoms with Crippen LogP contribution in [-0.2, 0) is 0 Å². The summed E-state index contributed by atoms with van der Waals surface area (Å²) in [5, 5.41) is 0. The van der Waals surface area contributed by atoms with Gasteiger partial charge in [0.05, 0.1) is 0 Å². The Balaban J connectivity index is 2.09. The van der Waals surface area contributed by atoms with Crippen molar-refractivity contribution in [2.45, 2.75) is 26.4 Å². The van der Waals surface area contributed by atoms with Crippen LogP contribution >= 0.6 is 11.3 Å². The van der Waals surface area contributed by atoms with Gasteiger partial charge in [-0.1, -0.05) is 0 Å². The molecule has 0 unspecified atom stereocenters. The van der Waals surface area contributed by atoms with Gasteiger partial charge >= 0.3 is 6.61 Å². The van der Waals surface area contributed by atoms with Gasteiger partial charge in [0.25, 0.3) is 5.91 Å². The molecule has 2 heterocycles. The third-order valence-corrected chi connectivity index (χ3v) is 4.49. The van der Waals surface area contributed by atoms with Gasteiger partial charge in [-0.25, -0.2) is 0 Å². The SMILES string of the molecule is Cc1cc(OC(F)F)c(C(=O)N2CCC(CN)CC2)s1. The molecule has 0 atom stereocenters. The monoisotopic (exact) mass is 304 g/mol. The molecule has 1 amide bonds. The van der Waals surface area contributed by atoms with Crippen molar-refractivity contribution in [2.75, 3.05) is 19.6 Å². The first kappa shape index (κ1) is 15.2. The highest BCUT2D eigenvalue weighted by Gasteiger charge is 2.27. The van der Waals surface area contributed by atoms with Crippen molar-refractivity contribution in [3.05, 3.63) is 15.8 Å². The molecule has 1 aromatic rings. The van der Waals surface area contributed by atoms with E-state index in [0.717, 1.165) is 17.7 Å². The molecule has 0 radical (unpaired) electrons. The van der Waals surface area contributed by atoms with Crippen molar-refractivity contribution in [1.82, 2.24) is 4.90 Å². The second-order valence-corrected chi connectivity index (χ2v) is 6.16. The number of amides is 1. The number of halogens is 2. The van der Waals surface area contributed by atoms with Crippen LogP contribution < -0.4 is 10.5 Å². The Morgan fingerprint density at radius 1 is 1.55 bits per heavy atom. The summed E-state index contributed by atoms with van der Waals surface area (Å²) in [4.78, 5) is 15.1. The van der Waals surface area contributed by atoms with E-state index in [-0.39, 0.29) is 16.5 Å². The first-order chi connectivity index (χ1) is 9.51. The van der Waals surface area contributed by atoms with Gasteiger partial charge in [0.15, 0.2) is 0 Å². The van der Waals surface area contributed by atoms with Crippen LogP contribution in [0.3, 0.4) is 0 Å². The number of aryl methyl sites for hydroxylation is 1. The first-order valence-electron chi connectivity index (χ1n) is 6.56. The number of alkyl halides is 2. The van der Waals surface area contributed by atoms with Crippen molar-refractivity contribution in [3.63, 3.8) is 0 Å². The number of hydrogen-bond acceptors (Lipinski definition) is 4. The average molecular weight is 304 g/mol. The second kappa shape index (κ2) is 6.49. The van der Waals surface area contributed by atoms with Crippen LogP contribution in [0.5, 0.6) is 5.75 Å². The zero-order valence-corrected chi connectivity index (χ0v) is 12.1. The van der Waals surface area contributed by atoms with E-state index in [1.54, 1.807) is 11.8 Å². The van der Waals surface area contributed by atoms with Gasteiger partial charge in [-0.05, 0) is 38.3 Å². The molecule has 1 saturated heterocycles. The van der Waals surface area contributed by atoms with Crippen LogP contribution in [0.25, 0.3) is 0 Å². The molecule has 0 saturated carbocycles. The molecule has 20 heavy (non-hydrogen) atoms. The molecule has 0 aliphatic carbocycles. The number of piperidine rings is 1. The lowest BCUT2D eigenvalue weighted by Crippen LogP contribution is -2.39. The maximum absolute atomic E-state index is 12.4. The molecule has 0 spiro atoms. The topological polar surface area (TPSA) is 55.6 Å². The number of nitrogens with two attached hydrogens (primary N) is 1. The number of rotatable bonds is 4. The van der Waals surface area contributed by atoms with Crippen molar-refractivity contribution < 1.29 is 18.3 Å². The predicted molar refractivity (Wildman–Crippen MR) is 73.4 cm³/mol. The third kappa shape index (κ3) is 3.46. The van der Waals surface area contributed by atoms with Crippen molar-refractivity contribution in [2.24, 2.45) is 11.7 Å². The standard InChI is InChI=1S/C13H18F2N2O2S/c1-8-6-10(19-13(14)15)11(20-8)12(18)17-4-2-9(7-16)3-5-17/h6,9,13H,2-5,7,16H2,1H3. The van der Waals surface area contributed by atoms with Gasteiger partial charge in [0.1, 0.15) is 10.6 Å². The second-order valence-electron chi connectivity index (χ2n) is 4.90. The van der Waals surface area contributed by atoms with Gasteiger partial charge in [-0.3, -0.25) is 4.79 Å². The molecule has 1 aliphatic heterocycles. The molecular formula is C13H18F2N2O2S. The van der Waals surface area contributed by atoms with E-state index >= 15 is 0 Å². The Kier molecular flexibility index (Phi) is 4.93. The maximum atomic E-state index is 12.4. The highest BCUT2D eigenvalue weighted by molar-refractivity contribution is 7.14. The molecule has 1 aromatic heterocycles. The summed E-state index contributed by atoms with van der Waals surface area (Å²) < 4.78 is 29.1. The van der Waals surface area contributed by atoms with Crippen LogP contribution in [0, 0.1) is 12.8 Å². The normalized spacial score (nSPS) is 16.8. The smallest absolute Gasteiger partial charge is 0.387 e. The van der Waals surface area contributed by atoms with Crippen molar-refractivity contribution >= 4 is 17.2 Å². The van der Waals surface area contributed by atoms with Crippen molar-refractivity contribution in [3.8, 4) is 5.75 Å². The lowest BCUT2D eigenvalue weighted by molar-refractivity contribution is -0.0499. The van der Waals surface area contributed by atoms with Gasteiger partial charge in [-0.15, -0.1) is 11.3 Å². The van der Waals surface area contributed by atoms with Crippen LogP contribution in [0.1, 0.15) is 27.4 Å². The largest absolute Gasteiger partial charge is 0.433 e. The Morgan fingerprint density at radius 2 is 2.20 bits per heavy atom. The minimum atomic E-state index is -2.92. The van der Waals surface area contributed by atoms with Crippen molar-refractivity contribution in [1.29, 1.82) is 0 Å². The highest BCUT2D eigenvalue weighted by Crippen LogP contribution is 2.32. The van der Waals surface area contributed by atoms with Gasteiger partial charge < -0.3 is 15.4 Å². The van der Waals surface area contributed by atoms with E-state index in [1.165, 1.54) is 17.4 Å². The van der Waals surface area contributed by atoms with E-state index in [2.05, 4.69) is 4.74 Å². The summed E-state index contributed by atoms with van der Waals surface area (Å²) >= 11 is 1.19. The fourth-order valence-electron chi connectivity index (χ4n) is 2.34. The Bertz CT molecular complexity index is 471. The number of hydrogen-bond donors (Lipinski definition) is 1. The lowest BCUT2D eigenvalue weighted by Gasteiger charge is -2.31. The molecule has 1 aliphatic rings. The summed E-state index contributed by atoms with van der Waals surface area (Å²) in [6.45, 7) is 0.705. The van der Waals surface area contributed by atoms with E-state index in [1.807, 2.05) is 0 Å². The minimum absolute atomic E-state index is 0.0200. The molecule has 1 fully saturated rings. The van der Waals surface area contributed by atoms with E-state index in [0.29, 0.717) is 25.6 Å². The summed E-state index contributed by atoms with van der Waals surface area (Å²) in [6.07, 6.45) is 1.72. The minimum Gasteiger partial charge on any atom is -0.433 e. The summed E-state index contributed by atoms with van der Waals surface area (Å²) in [5.74, 6) is 0.198. The first-order valence-corrected chi connectivity index (χ1v) is 7.37. The number of ether oxygens (including phenoxy) is 1. The average Bonchev–Trinajstić information content (AvgIpc) is 2.78. The Morgan fingerprint density at radius 3 is 2.75 bits per heavy atom. The number of thiophene rings is 1. The summed E-state index contributed by atoms with van der Waals surface area (Å²) in [5.41, 5.74) is 5.61. The quantitative estimate of drug-likeness (QED) is 0.929. The van der Waals surface area contributed by atoms with E-state index in [4.69, 9.17) is 5.73 Å². The van der Waals surface area contributed by atoms with Gasteiger partial charge in [0, 0.05) is 18.0 Å². The van der Waals surface area contributed by atoms with E-state index in [9.17, 15) is 13.6 Å². The van der Waals surface area contributed by atoms with Crippen LogP contribution in [-0.4, -0.2) is 37.1 Å². The number of likely N-dealkylation sites (tertiary alicyclic amines) is 1. The lowest BCUT2D eigenvalue weighted by atomic mass is 9.97.